The molecule has 4 nitrogen and oxygen atoms in total. The third kappa shape index (κ3) is 3.56. The molecule has 0 saturated carbocycles. The molecular weight excluding hydrogens is 295 g/mol. The molecule has 2 aromatic rings. The van der Waals surface area contributed by atoms with Crippen LogP contribution in [-0.4, -0.2) is 4.92 Å². The Bertz CT molecular complexity index is 664. The van der Waals surface area contributed by atoms with Gasteiger partial charge in [0.15, 0.2) is 0 Å². The Morgan fingerprint density at radius 1 is 1.29 bits per heavy atom. The summed E-state index contributed by atoms with van der Waals surface area (Å²) in [4.78, 5) is 9.98. The molecule has 0 radical (unpaired) electrons. The van der Waals surface area contributed by atoms with Crippen molar-refractivity contribution in [3.63, 3.8) is 0 Å². The summed E-state index contributed by atoms with van der Waals surface area (Å²) in [6.07, 6.45) is 0. The summed E-state index contributed by atoms with van der Waals surface area (Å²) in [5, 5.41) is 14.4. The molecule has 21 heavy (non-hydrogen) atoms. The first-order valence-corrected chi connectivity index (χ1v) is 6.78. The third-order valence-electron chi connectivity index (χ3n) is 3.23. The van der Waals surface area contributed by atoms with Crippen LogP contribution in [-0.2, 0) is 6.54 Å². The Morgan fingerprint density at radius 3 is 2.67 bits per heavy atom. The fourth-order valence-electron chi connectivity index (χ4n) is 2.04. The lowest BCUT2D eigenvalue weighted by Crippen LogP contribution is -2.19. The molecule has 0 aliphatic carbocycles. The molecule has 0 heterocycles. The Balaban J connectivity index is 2.12. The molecule has 0 bridgehead atoms. The zero-order chi connectivity index (χ0) is 15.4. The molecule has 0 fully saturated rings. The molecule has 0 amide bonds. The van der Waals surface area contributed by atoms with Crippen LogP contribution in [0.4, 0.5) is 10.1 Å². The SMILES string of the molecule is C[C@@H](NCc1cccc([N+](=O)[O-])c1F)c1ccccc1Cl. The fraction of sp³-hybridized carbons (Fsp3) is 0.200. The maximum atomic E-state index is 13.9. The second kappa shape index (κ2) is 6.65. The van der Waals surface area contributed by atoms with Crippen molar-refractivity contribution in [2.45, 2.75) is 19.5 Å². The second-order valence-corrected chi connectivity index (χ2v) is 5.04. The van der Waals surface area contributed by atoms with Gasteiger partial charge in [-0.15, -0.1) is 0 Å². The van der Waals surface area contributed by atoms with Crippen LogP contribution >= 0.6 is 11.6 Å². The van der Waals surface area contributed by atoms with E-state index in [2.05, 4.69) is 5.32 Å². The van der Waals surface area contributed by atoms with Gasteiger partial charge in [-0.25, -0.2) is 0 Å². The van der Waals surface area contributed by atoms with E-state index in [0.29, 0.717) is 5.02 Å². The van der Waals surface area contributed by atoms with Gasteiger partial charge in [0.2, 0.25) is 5.82 Å². The Morgan fingerprint density at radius 2 is 2.00 bits per heavy atom. The number of hydrogen-bond donors (Lipinski definition) is 1. The van der Waals surface area contributed by atoms with Crippen molar-refractivity contribution in [2.75, 3.05) is 0 Å². The van der Waals surface area contributed by atoms with Crippen LogP contribution in [0.15, 0.2) is 42.5 Å². The smallest absolute Gasteiger partial charge is 0.305 e. The van der Waals surface area contributed by atoms with Crippen molar-refractivity contribution in [3.05, 3.63) is 74.5 Å². The quantitative estimate of drug-likeness (QED) is 0.664. The van der Waals surface area contributed by atoms with Gasteiger partial charge in [-0.3, -0.25) is 10.1 Å². The number of benzene rings is 2. The van der Waals surface area contributed by atoms with Crippen molar-refractivity contribution in [2.24, 2.45) is 0 Å². The van der Waals surface area contributed by atoms with E-state index in [4.69, 9.17) is 11.6 Å². The number of nitro benzene ring substituents is 1. The minimum absolute atomic E-state index is 0.0997. The number of hydrogen-bond acceptors (Lipinski definition) is 3. The van der Waals surface area contributed by atoms with E-state index in [9.17, 15) is 14.5 Å². The highest BCUT2D eigenvalue weighted by atomic mass is 35.5. The van der Waals surface area contributed by atoms with Crippen LogP contribution in [0.1, 0.15) is 24.1 Å². The van der Waals surface area contributed by atoms with E-state index >= 15 is 0 Å². The zero-order valence-corrected chi connectivity index (χ0v) is 12.1. The molecule has 6 heteroatoms. The lowest BCUT2D eigenvalue weighted by Gasteiger charge is -2.16. The van der Waals surface area contributed by atoms with Crippen LogP contribution in [0.5, 0.6) is 0 Å². The molecule has 0 aliphatic rings. The minimum Gasteiger partial charge on any atom is -0.306 e. The molecule has 0 saturated heterocycles. The number of rotatable bonds is 5. The summed E-state index contributed by atoms with van der Waals surface area (Å²) in [5.41, 5.74) is 0.632. The lowest BCUT2D eigenvalue weighted by molar-refractivity contribution is -0.387. The van der Waals surface area contributed by atoms with Gasteiger partial charge in [-0.2, -0.15) is 4.39 Å². The molecule has 1 atom stereocenters. The molecule has 0 unspecified atom stereocenters. The topological polar surface area (TPSA) is 55.2 Å². The van der Waals surface area contributed by atoms with Gasteiger partial charge >= 0.3 is 5.69 Å². The predicted octanol–water partition coefficient (Wildman–Crippen LogP) is 4.24. The first kappa shape index (κ1) is 15.4. The molecule has 2 rings (SSSR count). The summed E-state index contributed by atoms with van der Waals surface area (Å²) in [5.74, 6) is -0.804. The van der Waals surface area contributed by atoms with Gasteiger partial charge in [0, 0.05) is 29.2 Å². The fourth-order valence-corrected chi connectivity index (χ4v) is 2.34. The average molecular weight is 309 g/mol. The summed E-state index contributed by atoms with van der Waals surface area (Å²) in [6.45, 7) is 2.08. The van der Waals surface area contributed by atoms with Crippen LogP contribution in [0.3, 0.4) is 0 Å². The van der Waals surface area contributed by atoms with Crippen molar-refractivity contribution < 1.29 is 9.31 Å². The summed E-state index contributed by atoms with van der Waals surface area (Å²) >= 11 is 6.10. The molecule has 0 aliphatic heterocycles. The number of nitro groups is 1. The second-order valence-electron chi connectivity index (χ2n) is 4.63. The highest BCUT2D eigenvalue weighted by Gasteiger charge is 2.17. The van der Waals surface area contributed by atoms with Crippen LogP contribution in [0.25, 0.3) is 0 Å². The number of halogens is 2. The van der Waals surface area contributed by atoms with E-state index in [0.717, 1.165) is 11.6 Å². The highest BCUT2D eigenvalue weighted by Crippen LogP contribution is 2.24. The maximum absolute atomic E-state index is 13.9. The Kier molecular flexibility index (Phi) is 4.88. The van der Waals surface area contributed by atoms with Gasteiger partial charge in [-0.1, -0.05) is 41.9 Å². The largest absolute Gasteiger partial charge is 0.306 e. The summed E-state index contributed by atoms with van der Waals surface area (Å²) in [7, 11) is 0. The van der Waals surface area contributed by atoms with Crippen LogP contribution in [0, 0.1) is 15.9 Å². The lowest BCUT2D eigenvalue weighted by atomic mass is 10.1. The van der Waals surface area contributed by atoms with Crippen molar-refractivity contribution in [3.8, 4) is 0 Å². The van der Waals surface area contributed by atoms with E-state index < -0.39 is 16.4 Å². The van der Waals surface area contributed by atoms with Gasteiger partial charge in [0.05, 0.1) is 4.92 Å². The van der Waals surface area contributed by atoms with Crippen molar-refractivity contribution in [1.29, 1.82) is 0 Å². The molecular formula is C15H14ClFN2O2. The van der Waals surface area contributed by atoms with E-state index in [1.807, 2.05) is 25.1 Å². The van der Waals surface area contributed by atoms with Crippen LogP contribution < -0.4 is 5.32 Å². The zero-order valence-electron chi connectivity index (χ0n) is 11.3. The molecule has 110 valence electrons. The van der Waals surface area contributed by atoms with E-state index in [1.54, 1.807) is 6.07 Å². The highest BCUT2D eigenvalue weighted by molar-refractivity contribution is 6.31. The van der Waals surface area contributed by atoms with Gasteiger partial charge in [-0.05, 0) is 18.6 Å². The van der Waals surface area contributed by atoms with Crippen LogP contribution in [0.2, 0.25) is 5.02 Å². The van der Waals surface area contributed by atoms with Gasteiger partial charge in [0.1, 0.15) is 0 Å². The average Bonchev–Trinajstić information content (AvgIpc) is 2.46. The normalized spacial score (nSPS) is 12.1. The molecule has 0 aromatic heterocycles. The minimum atomic E-state index is -0.804. The predicted molar refractivity (Wildman–Crippen MR) is 79.8 cm³/mol. The Hall–Kier alpha value is -1.98. The van der Waals surface area contributed by atoms with Crippen molar-refractivity contribution >= 4 is 17.3 Å². The summed E-state index contributed by atoms with van der Waals surface area (Å²) < 4.78 is 13.9. The Labute approximate surface area is 126 Å². The van der Waals surface area contributed by atoms with Crippen molar-refractivity contribution in [1.82, 2.24) is 5.32 Å². The molecule has 2 aromatic carbocycles. The standard InChI is InChI=1S/C15H14ClFN2O2/c1-10(12-6-2-3-7-13(12)16)18-9-11-5-4-8-14(15(11)17)19(20)21/h2-8,10,18H,9H2,1H3/t10-/m1/s1. The van der Waals surface area contributed by atoms with E-state index in [-0.39, 0.29) is 18.2 Å². The molecule has 1 N–H and O–H groups in total. The monoisotopic (exact) mass is 308 g/mol. The molecule has 0 spiro atoms. The number of nitrogens with zero attached hydrogens (tertiary/aromatic N) is 1. The van der Waals surface area contributed by atoms with Gasteiger partial charge in [0.25, 0.3) is 0 Å². The first-order chi connectivity index (χ1) is 10.0. The third-order valence-corrected chi connectivity index (χ3v) is 3.57. The number of nitrogens with one attached hydrogen (secondary N) is 1. The first-order valence-electron chi connectivity index (χ1n) is 6.40. The van der Waals surface area contributed by atoms with E-state index in [1.165, 1.54) is 12.1 Å². The summed E-state index contributed by atoms with van der Waals surface area (Å²) in [6, 6.07) is 11.4. The van der Waals surface area contributed by atoms with Gasteiger partial charge < -0.3 is 5.32 Å². The maximum Gasteiger partial charge on any atom is 0.305 e.